The molecule has 1 aliphatic rings. The summed E-state index contributed by atoms with van der Waals surface area (Å²) in [7, 11) is 0. The number of ether oxygens (including phenoxy) is 2. The van der Waals surface area contributed by atoms with E-state index in [2.05, 4.69) is 70.8 Å². The lowest BCUT2D eigenvalue weighted by Gasteiger charge is -2.34. The van der Waals surface area contributed by atoms with E-state index in [1.165, 1.54) is 11.1 Å². The van der Waals surface area contributed by atoms with Gasteiger partial charge in [-0.05, 0) is 51.3 Å². The Morgan fingerprint density at radius 2 is 1.80 bits per heavy atom. The molecule has 2 aromatic heterocycles. The number of piperazine rings is 1. The Balaban J connectivity index is 1.29. The summed E-state index contributed by atoms with van der Waals surface area (Å²) in [6.45, 7) is 12.4. The highest BCUT2D eigenvalue weighted by molar-refractivity contribution is 5.83. The number of imidazole rings is 1. The molecule has 10 heteroatoms. The van der Waals surface area contributed by atoms with Gasteiger partial charge in [-0.1, -0.05) is 54.6 Å². The van der Waals surface area contributed by atoms with Gasteiger partial charge in [0.2, 0.25) is 0 Å². The van der Waals surface area contributed by atoms with Crippen LogP contribution in [0.2, 0.25) is 0 Å². The van der Waals surface area contributed by atoms with Gasteiger partial charge in [0.1, 0.15) is 12.2 Å². The van der Waals surface area contributed by atoms with Crippen LogP contribution >= 0.6 is 0 Å². The van der Waals surface area contributed by atoms with Crippen molar-refractivity contribution < 1.29 is 14.3 Å². The van der Waals surface area contributed by atoms with Crippen molar-refractivity contribution in [2.24, 2.45) is 0 Å². The van der Waals surface area contributed by atoms with Crippen molar-refractivity contribution in [2.45, 2.75) is 58.8 Å². The average Bonchev–Trinajstić information content (AvgIpc) is 3.39. The number of nitrogens with one attached hydrogen (secondary N) is 2. The highest BCUT2D eigenvalue weighted by Gasteiger charge is 2.28. The summed E-state index contributed by atoms with van der Waals surface area (Å²) in [5.41, 5.74) is 4.34. The lowest BCUT2D eigenvalue weighted by Crippen LogP contribution is -2.55. The molecular formula is C31H39N7O3. The Bertz CT molecular complexity index is 1460. The van der Waals surface area contributed by atoms with E-state index in [0.29, 0.717) is 49.8 Å². The topological polar surface area (TPSA) is 106 Å². The van der Waals surface area contributed by atoms with Crippen LogP contribution in [0.5, 0.6) is 6.01 Å². The summed E-state index contributed by atoms with van der Waals surface area (Å²) in [6.07, 6.45) is 1.47. The van der Waals surface area contributed by atoms with Gasteiger partial charge in [-0.2, -0.15) is 9.97 Å². The number of fused-ring (bicyclic) bond motifs is 1. The minimum atomic E-state index is -0.538. The van der Waals surface area contributed by atoms with Crippen LogP contribution in [0.25, 0.3) is 22.3 Å². The number of aromatic nitrogens is 4. The quantitative estimate of drug-likeness (QED) is 0.302. The molecule has 1 atom stereocenters. The predicted octanol–water partition coefficient (Wildman–Crippen LogP) is 5.27. The Hall–Kier alpha value is -4.18. The van der Waals surface area contributed by atoms with Crippen LogP contribution in [0.3, 0.4) is 0 Å². The maximum atomic E-state index is 12.6. The first-order valence-corrected chi connectivity index (χ1v) is 14.1. The van der Waals surface area contributed by atoms with Crippen molar-refractivity contribution in [1.82, 2.24) is 29.7 Å². The highest BCUT2D eigenvalue weighted by atomic mass is 16.6. The van der Waals surface area contributed by atoms with Crippen LogP contribution in [-0.2, 0) is 11.3 Å². The van der Waals surface area contributed by atoms with Crippen molar-refractivity contribution in [3.05, 3.63) is 66.5 Å². The number of carbonyl (C=O) groups is 1. The van der Waals surface area contributed by atoms with Crippen LogP contribution < -0.4 is 15.4 Å². The Morgan fingerprint density at radius 3 is 2.51 bits per heavy atom. The van der Waals surface area contributed by atoms with Gasteiger partial charge < -0.3 is 29.6 Å². The third-order valence-electron chi connectivity index (χ3n) is 6.80. The van der Waals surface area contributed by atoms with Gasteiger partial charge in [0.25, 0.3) is 0 Å². The van der Waals surface area contributed by atoms with Crippen molar-refractivity contribution in [1.29, 1.82) is 0 Å². The van der Waals surface area contributed by atoms with Gasteiger partial charge in [0, 0.05) is 32.2 Å². The minimum absolute atomic E-state index is 0.0786. The van der Waals surface area contributed by atoms with E-state index in [9.17, 15) is 4.79 Å². The number of nitrogens with zero attached hydrogens (tertiary/aromatic N) is 5. The van der Waals surface area contributed by atoms with Crippen molar-refractivity contribution in [2.75, 3.05) is 31.6 Å². The number of anilines is 1. The van der Waals surface area contributed by atoms with Gasteiger partial charge in [0.15, 0.2) is 17.0 Å². The molecule has 3 heterocycles. The second kappa shape index (κ2) is 12.1. The Labute approximate surface area is 241 Å². The van der Waals surface area contributed by atoms with Gasteiger partial charge in [0.05, 0.1) is 12.4 Å². The molecule has 216 valence electrons. The van der Waals surface area contributed by atoms with Crippen molar-refractivity contribution >= 4 is 23.1 Å². The largest absolute Gasteiger partial charge is 0.462 e. The molecule has 4 aromatic rings. The third-order valence-corrected chi connectivity index (χ3v) is 6.80. The molecule has 0 unspecified atom stereocenters. The fourth-order valence-corrected chi connectivity index (χ4v) is 4.70. The van der Waals surface area contributed by atoms with Crippen molar-refractivity contribution in [3.63, 3.8) is 0 Å². The molecule has 1 saturated heterocycles. The normalized spacial score (nSPS) is 15.8. The monoisotopic (exact) mass is 557 g/mol. The number of rotatable bonds is 8. The lowest BCUT2D eigenvalue weighted by atomic mass is 10.0. The number of carbonyl (C=O) groups excluding carboxylic acids is 1. The number of hydrogen-bond acceptors (Lipinski definition) is 8. The van der Waals surface area contributed by atoms with Gasteiger partial charge >= 0.3 is 12.1 Å². The number of hydrogen-bond donors (Lipinski definition) is 2. The maximum absolute atomic E-state index is 12.6. The molecule has 1 aliphatic heterocycles. The molecule has 10 nitrogen and oxygen atoms in total. The smallest absolute Gasteiger partial charge is 0.410 e. The van der Waals surface area contributed by atoms with Crippen LogP contribution in [0, 0.1) is 0 Å². The van der Waals surface area contributed by atoms with E-state index in [4.69, 9.17) is 14.5 Å². The molecule has 2 aromatic carbocycles. The van der Waals surface area contributed by atoms with Gasteiger partial charge in [-0.15, -0.1) is 0 Å². The van der Waals surface area contributed by atoms with Crippen LogP contribution in [0.1, 0.15) is 46.2 Å². The van der Waals surface area contributed by atoms with E-state index in [1.54, 1.807) is 11.2 Å². The molecule has 41 heavy (non-hydrogen) atoms. The first kappa shape index (κ1) is 28.4. The first-order chi connectivity index (χ1) is 19.7. The van der Waals surface area contributed by atoms with E-state index in [-0.39, 0.29) is 24.2 Å². The molecule has 1 fully saturated rings. The predicted molar refractivity (Wildman–Crippen MR) is 160 cm³/mol. The van der Waals surface area contributed by atoms with Crippen LogP contribution in [0.15, 0.2) is 60.9 Å². The zero-order valence-corrected chi connectivity index (χ0v) is 24.4. The highest BCUT2D eigenvalue weighted by Crippen LogP contribution is 2.25. The molecule has 0 spiro atoms. The summed E-state index contributed by atoms with van der Waals surface area (Å²) in [4.78, 5) is 28.3. The minimum Gasteiger partial charge on any atom is -0.462 e. The fraction of sp³-hybridized carbons (Fsp3) is 0.419. The summed E-state index contributed by atoms with van der Waals surface area (Å²) in [5, 5.41) is 6.86. The van der Waals surface area contributed by atoms with E-state index in [0.717, 1.165) is 5.56 Å². The van der Waals surface area contributed by atoms with E-state index < -0.39 is 5.60 Å². The maximum Gasteiger partial charge on any atom is 0.410 e. The molecular weight excluding hydrogens is 518 g/mol. The van der Waals surface area contributed by atoms with Crippen LogP contribution in [-0.4, -0.2) is 68.4 Å². The average molecular weight is 558 g/mol. The first-order valence-electron chi connectivity index (χ1n) is 14.1. The van der Waals surface area contributed by atoms with E-state index in [1.807, 2.05) is 43.5 Å². The molecule has 2 N–H and O–H groups in total. The van der Waals surface area contributed by atoms with E-state index >= 15 is 0 Å². The SMILES string of the molecule is CC(C)n1cnc2c(NCc3ccc(-c4ccccc4)cc3)nc(OC[C@H]3CN(C(=O)OC(C)(C)C)CCN3)nc21. The Morgan fingerprint density at radius 1 is 1.07 bits per heavy atom. The zero-order chi connectivity index (χ0) is 29.0. The third kappa shape index (κ3) is 7.13. The standard InChI is InChI=1S/C31H39N7O3/c1-21(2)38-20-34-26-27(33-17-22-11-13-24(14-12-22)23-9-7-6-8-10-23)35-29(36-28(26)38)40-19-25-18-37(16-15-32-25)30(39)41-31(3,4)5/h6-14,20-21,25,32H,15-19H2,1-5H3,(H,33,35,36)/t25-/m1/s1. The second-order valence-electron chi connectivity index (χ2n) is 11.6. The molecule has 0 radical (unpaired) electrons. The fourth-order valence-electron chi connectivity index (χ4n) is 4.70. The Kier molecular flexibility index (Phi) is 8.39. The summed E-state index contributed by atoms with van der Waals surface area (Å²) in [6, 6.07) is 19.2. The molecule has 5 rings (SSSR count). The molecule has 1 amide bonds. The summed E-state index contributed by atoms with van der Waals surface area (Å²) < 4.78 is 13.7. The van der Waals surface area contributed by atoms with Gasteiger partial charge in [-0.25, -0.2) is 9.78 Å². The van der Waals surface area contributed by atoms with Gasteiger partial charge in [-0.3, -0.25) is 0 Å². The second-order valence-corrected chi connectivity index (χ2v) is 11.6. The molecule has 0 bridgehead atoms. The zero-order valence-electron chi connectivity index (χ0n) is 24.4. The van der Waals surface area contributed by atoms with Crippen LogP contribution in [0.4, 0.5) is 10.6 Å². The summed E-state index contributed by atoms with van der Waals surface area (Å²) >= 11 is 0. The summed E-state index contributed by atoms with van der Waals surface area (Å²) in [5.74, 6) is 0.614. The number of amides is 1. The lowest BCUT2D eigenvalue weighted by molar-refractivity contribution is 0.0177. The molecule has 0 aliphatic carbocycles. The van der Waals surface area contributed by atoms with Crippen molar-refractivity contribution in [3.8, 4) is 17.1 Å². The molecule has 0 saturated carbocycles. The number of benzene rings is 2.